The minimum atomic E-state index is 0.00757. The SMILES string of the molecule is CC1CC(C)CN(C(=O)CN2CCN(C(=O)CCC(=O)c3ccccc3)CC2)C1. The summed E-state index contributed by atoms with van der Waals surface area (Å²) in [5, 5.41) is 0. The molecule has 29 heavy (non-hydrogen) atoms. The third-order valence-electron chi connectivity index (χ3n) is 5.97. The van der Waals surface area contributed by atoms with Crippen molar-refractivity contribution in [3.63, 3.8) is 0 Å². The fourth-order valence-electron chi connectivity index (χ4n) is 4.46. The van der Waals surface area contributed by atoms with Crippen LogP contribution >= 0.6 is 0 Å². The fraction of sp³-hybridized carbons (Fsp3) is 0.609. The fourth-order valence-corrected chi connectivity index (χ4v) is 4.46. The monoisotopic (exact) mass is 399 g/mol. The zero-order valence-electron chi connectivity index (χ0n) is 17.7. The number of piperidine rings is 1. The quantitative estimate of drug-likeness (QED) is 0.689. The summed E-state index contributed by atoms with van der Waals surface area (Å²) in [4.78, 5) is 43.3. The van der Waals surface area contributed by atoms with Crippen LogP contribution in [0.15, 0.2) is 30.3 Å². The third kappa shape index (κ3) is 6.13. The van der Waals surface area contributed by atoms with Crippen molar-refractivity contribution in [2.75, 3.05) is 45.8 Å². The van der Waals surface area contributed by atoms with E-state index in [1.165, 1.54) is 6.42 Å². The first-order valence-corrected chi connectivity index (χ1v) is 10.8. The van der Waals surface area contributed by atoms with E-state index in [2.05, 4.69) is 18.7 Å². The van der Waals surface area contributed by atoms with Crippen LogP contribution in [-0.2, 0) is 9.59 Å². The highest BCUT2D eigenvalue weighted by atomic mass is 16.2. The first-order valence-electron chi connectivity index (χ1n) is 10.8. The summed E-state index contributed by atoms with van der Waals surface area (Å²) in [6.07, 6.45) is 1.68. The number of likely N-dealkylation sites (tertiary alicyclic amines) is 1. The molecular formula is C23H33N3O3. The van der Waals surface area contributed by atoms with Crippen molar-refractivity contribution in [2.45, 2.75) is 33.1 Å². The summed E-state index contributed by atoms with van der Waals surface area (Å²) < 4.78 is 0. The van der Waals surface area contributed by atoms with Crippen LogP contribution < -0.4 is 0 Å². The highest BCUT2D eigenvalue weighted by Gasteiger charge is 2.28. The Kier molecular flexibility index (Phi) is 7.42. The van der Waals surface area contributed by atoms with E-state index in [0.717, 1.165) is 13.1 Å². The summed E-state index contributed by atoms with van der Waals surface area (Å²) in [5.74, 6) is 1.37. The molecule has 158 valence electrons. The van der Waals surface area contributed by atoms with Gasteiger partial charge in [-0.15, -0.1) is 0 Å². The maximum Gasteiger partial charge on any atom is 0.236 e. The van der Waals surface area contributed by atoms with Gasteiger partial charge in [0.2, 0.25) is 11.8 Å². The van der Waals surface area contributed by atoms with Gasteiger partial charge in [-0.05, 0) is 18.3 Å². The third-order valence-corrected chi connectivity index (χ3v) is 5.97. The molecule has 0 saturated carbocycles. The van der Waals surface area contributed by atoms with Crippen LogP contribution in [0.25, 0.3) is 0 Å². The van der Waals surface area contributed by atoms with Crippen LogP contribution in [-0.4, -0.2) is 78.1 Å². The zero-order valence-corrected chi connectivity index (χ0v) is 17.7. The van der Waals surface area contributed by atoms with Crippen molar-refractivity contribution in [1.82, 2.24) is 14.7 Å². The van der Waals surface area contributed by atoms with Crippen molar-refractivity contribution in [3.8, 4) is 0 Å². The minimum Gasteiger partial charge on any atom is -0.341 e. The molecule has 2 heterocycles. The number of rotatable bonds is 6. The van der Waals surface area contributed by atoms with E-state index < -0.39 is 0 Å². The molecule has 1 aromatic carbocycles. The number of hydrogen-bond donors (Lipinski definition) is 0. The van der Waals surface area contributed by atoms with Gasteiger partial charge >= 0.3 is 0 Å². The summed E-state index contributed by atoms with van der Waals surface area (Å²) in [6, 6.07) is 9.11. The normalized spacial score (nSPS) is 23.1. The van der Waals surface area contributed by atoms with Gasteiger partial charge in [-0.1, -0.05) is 44.2 Å². The molecular weight excluding hydrogens is 366 g/mol. The van der Waals surface area contributed by atoms with E-state index >= 15 is 0 Å². The standard InChI is InChI=1S/C23H33N3O3/c1-18-14-19(2)16-26(15-18)23(29)17-24-10-12-25(13-11-24)22(28)9-8-21(27)20-6-4-3-5-7-20/h3-7,18-19H,8-17H2,1-2H3. The van der Waals surface area contributed by atoms with Crippen LogP contribution in [0.3, 0.4) is 0 Å². The summed E-state index contributed by atoms with van der Waals surface area (Å²) in [7, 11) is 0. The molecule has 2 amide bonds. The number of carbonyl (C=O) groups is 3. The smallest absolute Gasteiger partial charge is 0.236 e. The zero-order chi connectivity index (χ0) is 20.8. The van der Waals surface area contributed by atoms with E-state index in [1.54, 1.807) is 12.1 Å². The Bertz CT molecular complexity index is 703. The number of ketones is 1. The van der Waals surface area contributed by atoms with Crippen LogP contribution in [0, 0.1) is 11.8 Å². The summed E-state index contributed by atoms with van der Waals surface area (Å²) in [6.45, 7) is 9.25. The van der Waals surface area contributed by atoms with Gasteiger partial charge in [-0.25, -0.2) is 0 Å². The Balaban J connectivity index is 1.39. The number of hydrogen-bond acceptors (Lipinski definition) is 4. The summed E-state index contributed by atoms with van der Waals surface area (Å²) in [5.41, 5.74) is 0.657. The molecule has 0 spiro atoms. The predicted octanol–water partition coefficient (Wildman–Crippen LogP) is 2.30. The van der Waals surface area contributed by atoms with Gasteiger partial charge in [0.15, 0.2) is 5.78 Å². The molecule has 2 atom stereocenters. The van der Waals surface area contributed by atoms with Crippen molar-refractivity contribution in [3.05, 3.63) is 35.9 Å². The number of benzene rings is 1. The second-order valence-corrected chi connectivity index (χ2v) is 8.69. The molecule has 0 N–H and O–H groups in total. The molecule has 2 saturated heterocycles. The Labute approximate surface area is 173 Å². The largest absolute Gasteiger partial charge is 0.341 e. The first kappa shape index (κ1) is 21.5. The number of amides is 2. The molecule has 2 aliphatic rings. The van der Waals surface area contributed by atoms with Crippen molar-refractivity contribution < 1.29 is 14.4 Å². The van der Waals surface area contributed by atoms with Gasteiger partial charge in [0.25, 0.3) is 0 Å². The van der Waals surface area contributed by atoms with Gasteiger partial charge in [0.05, 0.1) is 6.54 Å². The van der Waals surface area contributed by atoms with Crippen LogP contribution in [0.4, 0.5) is 0 Å². The van der Waals surface area contributed by atoms with Crippen LogP contribution in [0.1, 0.15) is 43.5 Å². The second-order valence-electron chi connectivity index (χ2n) is 8.69. The topological polar surface area (TPSA) is 60.9 Å². The predicted molar refractivity (Wildman–Crippen MR) is 113 cm³/mol. The number of piperazine rings is 1. The van der Waals surface area contributed by atoms with Crippen molar-refractivity contribution in [2.24, 2.45) is 11.8 Å². The lowest BCUT2D eigenvalue weighted by molar-refractivity contribution is -0.136. The van der Waals surface area contributed by atoms with Gasteiger partial charge in [0.1, 0.15) is 0 Å². The number of Topliss-reactive ketones (excluding diaryl/α,β-unsaturated/α-hetero) is 1. The second kappa shape index (κ2) is 10.0. The van der Waals surface area contributed by atoms with E-state index in [4.69, 9.17) is 0 Å². The Hall–Kier alpha value is -2.21. The lowest BCUT2D eigenvalue weighted by Gasteiger charge is -2.38. The van der Waals surface area contributed by atoms with Crippen molar-refractivity contribution in [1.29, 1.82) is 0 Å². The Morgan fingerprint density at radius 1 is 0.828 bits per heavy atom. The lowest BCUT2D eigenvalue weighted by Crippen LogP contribution is -2.53. The molecule has 2 unspecified atom stereocenters. The molecule has 2 fully saturated rings. The maximum absolute atomic E-state index is 12.7. The van der Waals surface area contributed by atoms with Gasteiger partial charge < -0.3 is 9.80 Å². The average Bonchev–Trinajstić information content (AvgIpc) is 2.72. The molecule has 0 aromatic heterocycles. The lowest BCUT2D eigenvalue weighted by atomic mass is 9.92. The first-order chi connectivity index (χ1) is 13.9. The molecule has 0 radical (unpaired) electrons. The highest BCUT2D eigenvalue weighted by Crippen LogP contribution is 2.21. The van der Waals surface area contributed by atoms with Crippen LogP contribution in [0.2, 0.25) is 0 Å². The average molecular weight is 400 g/mol. The van der Waals surface area contributed by atoms with Gasteiger partial charge in [-0.3, -0.25) is 19.3 Å². The Morgan fingerprint density at radius 3 is 2.07 bits per heavy atom. The number of nitrogens with zero attached hydrogens (tertiary/aromatic N) is 3. The minimum absolute atomic E-state index is 0.00757. The van der Waals surface area contributed by atoms with Gasteiger partial charge in [0, 0.05) is 57.7 Å². The van der Waals surface area contributed by atoms with Gasteiger partial charge in [-0.2, -0.15) is 0 Å². The molecule has 2 aliphatic heterocycles. The molecule has 3 rings (SSSR count). The van der Waals surface area contributed by atoms with E-state index in [0.29, 0.717) is 50.1 Å². The summed E-state index contributed by atoms with van der Waals surface area (Å²) >= 11 is 0. The molecule has 0 bridgehead atoms. The van der Waals surface area contributed by atoms with Crippen molar-refractivity contribution >= 4 is 17.6 Å². The molecule has 6 heteroatoms. The Morgan fingerprint density at radius 2 is 1.45 bits per heavy atom. The number of carbonyl (C=O) groups excluding carboxylic acids is 3. The highest BCUT2D eigenvalue weighted by molar-refractivity contribution is 5.97. The van der Waals surface area contributed by atoms with E-state index in [-0.39, 0.29) is 30.4 Å². The van der Waals surface area contributed by atoms with E-state index in [1.807, 2.05) is 28.0 Å². The molecule has 6 nitrogen and oxygen atoms in total. The molecule has 1 aromatic rings. The van der Waals surface area contributed by atoms with E-state index in [9.17, 15) is 14.4 Å². The molecule has 0 aliphatic carbocycles. The van der Waals surface area contributed by atoms with Crippen LogP contribution in [0.5, 0.6) is 0 Å². The maximum atomic E-state index is 12.7.